The lowest BCUT2D eigenvalue weighted by Crippen LogP contribution is -2.49. The van der Waals surface area contributed by atoms with Crippen LogP contribution in [0.3, 0.4) is 0 Å². The van der Waals surface area contributed by atoms with Crippen LogP contribution >= 0.6 is 0 Å². The number of aromatic nitrogens is 3. The molecule has 2 N–H and O–H groups in total. The Kier molecular flexibility index (Phi) is 8.40. The molecule has 0 bridgehead atoms. The van der Waals surface area contributed by atoms with Gasteiger partial charge in [-0.15, -0.1) is 5.10 Å². The summed E-state index contributed by atoms with van der Waals surface area (Å²) in [5, 5.41) is 4.20. The van der Waals surface area contributed by atoms with Gasteiger partial charge in [-0.1, -0.05) is 60.7 Å². The number of hydrogen-bond donors (Lipinski definition) is 1. The number of hydrogen-bond acceptors (Lipinski definition) is 6. The van der Waals surface area contributed by atoms with Crippen LogP contribution in [0, 0.1) is 6.92 Å². The fourth-order valence-electron chi connectivity index (χ4n) is 5.02. The van der Waals surface area contributed by atoms with E-state index in [2.05, 4.69) is 75.6 Å². The molecule has 1 aliphatic heterocycles. The Morgan fingerprint density at radius 3 is 1.83 bits per heavy atom. The standard InChI is InChI=1S/C33H38N6O3/c1-23-35-31(30(34)40)36-39(23)29-15-9-25(10-16-29)21-24-5-11-27(12-6-24)28-13-7-26(8-14-28)22-37-17-19-38(20-18-37)32(41)42-33(2,3)4/h5-16H,17-22H2,1-4H3,(H2,34,40). The van der Waals surface area contributed by atoms with Gasteiger partial charge in [0.1, 0.15) is 11.4 Å². The summed E-state index contributed by atoms with van der Waals surface area (Å²) in [6, 6.07) is 25.5. The molecule has 9 heteroatoms. The van der Waals surface area contributed by atoms with E-state index in [1.54, 1.807) is 16.5 Å². The maximum Gasteiger partial charge on any atom is 0.410 e. The van der Waals surface area contributed by atoms with E-state index < -0.39 is 11.5 Å². The first-order chi connectivity index (χ1) is 20.0. The summed E-state index contributed by atoms with van der Waals surface area (Å²) in [6.45, 7) is 11.4. The predicted molar refractivity (Wildman–Crippen MR) is 162 cm³/mol. The van der Waals surface area contributed by atoms with Crippen molar-refractivity contribution < 1.29 is 14.3 Å². The van der Waals surface area contributed by atoms with E-state index in [-0.39, 0.29) is 11.9 Å². The van der Waals surface area contributed by atoms with Gasteiger partial charge in [0, 0.05) is 32.7 Å². The number of carbonyl (C=O) groups excluding carboxylic acids is 2. The Bertz CT molecular complexity index is 1530. The van der Waals surface area contributed by atoms with Gasteiger partial charge in [-0.25, -0.2) is 14.5 Å². The smallest absolute Gasteiger partial charge is 0.410 e. The van der Waals surface area contributed by atoms with Crippen LogP contribution in [-0.4, -0.2) is 68.3 Å². The second-order valence-electron chi connectivity index (χ2n) is 11.7. The number of amides is 2. The van der Waals surface area contributed by atoms with Gasteiger partial charge in [0.05, 0.1) is 5.69 Å². The molecule has 0 radical (unpaired) electrons. The van der Waals surface area contributed by atoms with E-state index in [0.29, 0.717) is 18.9 Å². The molecule has 42 heavy (non-hydrogen) atoms. The molecule has 218 valence electrons. The zero-order valence-electron chi connectivity index (χ0n) is 24.7. The second-order valence-corrected chi connectivity index (χ2v) is 11.7. The molecule has 1 aromatic heterocycles. The molecule has 1 fully saturated rings. The van der Waals surface area contributed by atoms with Crippen molar-refractivity contribution in [2.45, 2.75) is 46.3 Å². The van der Waals surface area contributed by atoms with Crippen molar-refractivity contribution in [1.82, 2.24) is 24.6 Å². The van der Waals surface area contributed by atoms with Crippen molar-refractivity contribution in [3.8, 4) is 16.8 Å². The summed E-state index contributed by atoms with van der Waals surface area (Å²) in [6.07, 6.45) is 0.582. The SMILES string of the molecule is Cc1nc(C(N)=O)nn1-c1ccc(Cc2ccc(-c3ccc(CN4CCN(C(=O)OC(C)(C)C)CC4)cc3)cc2)cc1. The lowest BCUT2D eigenvalue weighted by molar-refractivity contribution is 0.0139. The number of nitrogens with zero attached hydrogens (tertiary/aromatic N) is 5. The van der Waals surface area contributed by atoms with Gasteiger partial charge >= 0.3 is 6.09 Å². The van der Waals surface area contributed by atoms with E-state index in [9.17, 15) is 9.59 Å². The van der Waals surface area contributed by atoms with Crippen LogP contribution in [0.5, 0.6) is 0 Å². The predicted octanol–water partition coefficient (Wildman–Crippen LogP) is 4.99. The van der Waals surface area contributed by atoms with Crippen molar-refractivity contribution >= 4 is 12.0 Å². The molecule has 0 atom stereocenters. The number of ether oxygens (including phenoxy) is 1. The summed E-state index contributed by atoms with van der Waals surface area (Å²) in [5.74, 6) is -0.0142. The van der Waals surface area contributed by atoms with Crippen molar-refractivity contribution in [2.24, 2.45) is 5.73 Å². The Morgan fingerprint density at radius 1 is 0.810 bits per heavy atom. The highest BCUT2D eigenvalue weighted by Crippen LogP contribution is 2.23. The number of rotatable bonds is 7. The Balaban J connectivity index is 1.13. The van der Waals surface area contributed by atoms with Gasteiger partial charge in [0.25, 0.3) is 5.91 Å². The van der Waals surface area contributed by atoms with Crippen LogP contribution in [0.4, 0.5) is 4.79 Å². The Labute approximate surface area is 246 Å². The van der Waals surface area contributed by atoms with Gasteiger partial charge < -0.3 is 15.4 Å². The lowest BCUT2D eigenvalue weighted by Gasteiger charge is -2.35. The maximum atomic E-state index is 12.3. The molecule has 4 aromatic rings. The van der Waals surface area contributed by atoms with Crippen LogP contribution in [0.2, 0.25) is 0 Å². The quantitative estimate of drug-likeness (QED) is 0.338. The summed E-state index contributed by atoms with van der Waals surface area (Å²) >= 11 is 0. The number of nitrogens with two attached hydrogens (primary N) is 1. The third kappa shape index (κ3) is 7.22. The molecule has 0 unspecified atom stereocenters. The molecule has 1 aliphatic rings. The lowest BCUT2D eigenvalue weighted by atomic mass is 9.99. The summed E-state index contributed by atoms with van der Waals surface area (Å²) < 4.78 is 7.13. The van der Waals surface area contributed by atoms with Crippen LogP contribution in [0.1, 0.15) is 53.9 Å². The third-order valence-electron chi connectivity index (χ3n) is 7.25. The van der Waals surface area contributed by atoms with E-state index >= 15 is 0 Å². The van der Waals surface area contributed by atoms with E-state index in [0.717, 1.165) is 31.7 Å². The van der Waals surface area contributed by atoms with Gasteiger partial charge in [-0.2, -0.15) is 0 Å². The molecule has 9 nitrogen and oxygen atoms in total. The average molecular weight is 567 g/mol. The average Bonchev–Trinajstić information content (AvgIpc) is 3.36. The molecule has 5 rings (SSSR count). The van der Waals surface area contributed by atoms with E-state index in [4.69, 9.17) is 10.5 Å². The second kappa shape index (κ2) is 12.2. The first-order valence-electron chi connectivity index (χ1n) is 14.3. The zero-order chi connectivity index (χ0) is 29.9. The van der Waals surface area contributed by atoms with Gasteiger partial charge in [-0.05, 0) is 74.1 Å². The minimum absolute atomic E-state index is 0.0153. The van der Waals surface area contributed by atoms with Crippen LogP contribution in [-0.2, 0) is 17.7 Å². The number of aryl methyl sites for hydroxylation is 1. The number of benzene rings is 3. The molecular weight excluding hydrogens is 528 g/mol. The van der Waals surface area contributed by atoms with E-state index in [1.807, 2.05) is 32.9 Å². The minimum Gasteiger partial charge on any atom is -0.444 e. The van der Waals surface area contributed by atoms with Crippen molar-refractivity contribution in [2.75, 3.05) is 26.2 Å². The molecule has 0 aliphatic carbocycles. The number of piperazine rings is 1. The van der Waals surface area contributed by atoms with Gasteiger partial charge in [0.2, 0.25) is 5.82 Å². The zero-order valence-corrected chi connectivity index (χ0v) is 24.7. The fraction of sp³-hybridized carbons (Fsp3) is 0.333. The van der Waals surface area contributed by atoms with Crippen molar-refractivity contribution in [3.05, 3.63) is 101 Å². The highest BCUT2D eigenvalue weighted by Gasteiger charge is 2.25. The molecular formula is C33H38N6O3. The molecule has 1 saturated heterocycles. The van der Waals surface area contributed by atoms with Gasteiger partial charge in [-0.3, -0.25) is 9.69 Å². The normalized spacial score (nSPS) is 14.1. The first kappa shape index (κ1) is 29.0. The molecule has 3 aromatic carbocycles. The summed E-state index contributed by atoms with van der Waals surface area (Å²) in [5.41, 5.74) is 11.7. The topological polar surface area (TPSA) is 107 Å². The Morgan fingerprint density at radius 2 is 1.33 bits per heavy atom. The maximum absolute atomic E-state index is 12.3. The van der Waals surface area contributed by atoms with E-state index in [1.165, 1.54) is 27.8 Å². The molecule has 0 saturated carbocycles. The van der Waals surface area contributed by atoms with Gasteiger partial charge in [0.15, 0.2) is 0 Å². The molecule has 0 spiro atoms. The van der Waals surface area contributed by atoms with Crippen molar-refractivity contribution in [3.63, 3.8) is 0 Å². The number of primary amides is 1. The molecule has 2 heterocycles. The van der Waals surface area contributed by atoms with Crippen LogP contribution < -0.4 is 5.73 Å². The van der Waals surface area contributed by atoms with Crippen molar-refractivity contribution in [1.29, 1.82) is 0 Å². The van der Waals surface area contributed by atoms with Crippen LogP contribution in [0.25, 0.3) is 16.8 Å². The fourth-order valence-corrected chi connectivity index (χ4v) is 5.02. The third-order valence-corrected chi connectivity index (χ3v) is 7.25. The minimum atomic E-state index is -0.639. The monoisotopic (exact) mass is 566 g/mol. The Hall–Kier alpha value is -4.50. The highest BCUT2D eigenvalue weighted by molar-refractivity contribution is 5.88. The highest BCUT2D eigenvalue weighted by atomic mass is 16.6. The number of carbonyl (C=O) groups is 2. The van der Waals surface area contributed by atoms with Crippen LogP contribution in [0.15, 0.2) is 72.8 Å². The molecule has 2 amide bonds. The first-order valence-corrected chi connectivity index (χ1v) is 14.3. The largest absolute Gasteiger partial charge is 0.444 e. The summed E-state index contributed by atoms with van der Waals surface area (Å²) in [4.78, 5) is 32.0. The summed E-state index contributed by atoms with van der Waals surface area (Å²) in [7, 11) is 0.